The van der Waals surface area contributed by atoms with Crippen LogP contribution in [-0.2, 0) is 21.4 Å². The summed E-state index contributed by atoms with van der Waals surface area (Å²) in [5.41, 5.74) is 1.74. The molecule has 1 fully saturated rings. The van der Waals surface area contributed by atoms with E-state index < -0.39 is 10.0 Å². The molecule has 0 bridgehead atoms. The molecule has 1 N–H and O–H groups in total. The topological polar surface area (TPSA) is 69.7 Å². The summed E-state index contributed by atoms with van der Waals surface area (Å²) in [4.78, 5) is 12.9. The molecule has 172 valence electrons. The predicted octanol–water partition coefficient (Wildman–Crippen LogP) is 5.85. The highest BCUT2D eigenvalue weighted by atomic mass is 35.5. The molecule has 1 aliphatic rings. The van der Waals surface area contributed by atoms with E-state index in [9.17, 15) is 13.2 Å². The average Bonchev–Trinajstić information content (AvgIpc) is 3.06. The molecule has 1 unspecified atom stereocenters. The summed E-state index contributed by atoms with van der Waals surface area (Å²) in [6, 6.07) is 18.5. The Morgan fingerprint density at radius 1 is 0.970 bits per heavy atom. The van der Waals surface area contributed by atoms with Crippen LogP contribution in [0.15, 0.2) is 71.6 Å². The maximum Gasteiger partial charge on any atom is 0.261 e. The molecule has 0 aliphatic carbocycles. The number of para-hydroxylation sites is 1. The number of halogens is 3. The first-order valence-electron chi connectivity index (χ1n) is 10.1. The van der Waals surface area contributed by atoms with Crippen molar-refractivity contribution >= 4 is 62.1 Å². The van der Waals surface area contributed by atoms with Crippen LogP contribution in [-0.4, -0.2) is 25.9 Å². The third-order valence-electron chi connectivity index (χ3n) is 5.31. The van der Waals surface area contributed by atoms with Gasteiger partial charge >= 0.3 is 0 Å². The van der Waals surface area contributed by atoms with Crippen LogP contribution >= 0.6 is 34.8 Å². The number of benzene rings is 3. The molecule has 33 heavy (non-hydrogen) atoms. The Labute approximate surface area is 207 Å². The molecule has 1 amide bonds. The van der Waals surface area contributed by atoms with E-state index in [-0.39, 0.29) is 39.0 Å². The lowest BCUT2D eigenvalue weighted by Gasteiger charge is -2.30. The normalized spacial score (nSPS) is 16.4. The van der Waals surface area contributed by atoms with Crippen molar-refractivity contribution < 1.29 is 13.2 Å². The van der Waals surface area contributed by atoms with Gasteiger partial charge in [-0.05, 0) is 48.0 Å². The Morgan fingerprint density at radius 2 is 1.70 bits per heavy atom. The van der Waals surface area contributed by atoms with Gasteiger partial charge in [0.15, 0.2) is 0 Å². The molecular formula is C23H20Cl3N3O3S. The molecule has 0 aromatic heterocycles. The number of rotatable bonds is 6. The van der Waals surface area contributed by atoms with Crippen LogP contribution in [0.3, 0.4) is 0 Å². The largest absolute Gasteiger partial charge is 0.282 e. The number of hydrogen-bond donors (Lipinski definition) is 1. The molecule has 0 saturated carbocycles. The van der Waals surface area contributed by atoms with Gasteiger partial charge in [-0.25, -0.2) is 13.4 Å². The Hall–Kier alpha value is -2.45. The Balaban J connectivity index is 1.67. The average molecular weight is 525 g/mol. The van der Waals surface area contributed by atoms with Gasteiger partial charge in [0.2, 0.25) is 5.91 Å². The monoisotopic (exact) mass is 523 g/mol. The maximum atomic E-state index is 13.0. The smallest absolute Gasteiger partial charge is 0.261 e. The fourth-order valence-corrected chi connectivity index (χ4v) is 5.26. The number of sulfonamides is 1. The SMILES string of the molecule is CC1CN(c2ccccc2)N(Cc2ccc(Cl)cc2NS(=O)(=O)c2ccc(Cl)c(Cl)c2)C1=O. The molecule has 10 heteroatoms. The number of hydrogen-bond acceptors (Lipinski definition) is 4. The summed E-state index contributed by atoms with van der Waals surface area (Å²) < 4.78 is 28.6. The lowest BCUT2D eigenvalue weighted by molar-refractivity contribution is -0.131. The van der Waals surface area contributed by atoms with Gasteiger partial charge in [0, 0.05) is 5.02 Å². The summed E-state index contributed by atoms with van der Waals surface area (Å²) in [5.74, 6) is -0.249. The van der Waals surface area contributed by atoms with E-state index in [1.54, 1.807) is 17.1 Å². The first-order valence-corrected chi connectivity index (χ1v) is 12.7. The second kappa shape index (κ2) is 9.43. The van der Waals surface area contributed by atoms with E-state index >= 15 is 0 Å². The van der Waals surface area contributed by atoms with Gasteiger partial charge in [-0.1, -0.05) is 66.0 Å². The highest BCUT2D eigenvalue weighted by Crippen LogP contribution is 2.32. The zero-order valence-electron chi connectivity index (χ0n) is 17.5. The fraction of sp³-hybridized carbons (Fsp3) is 0.174. The summed E-state index contributed by atoms with van der Waals surface area (Å²) >= 11 is 18.1. The lowest BCUT2D eigenvalue weighted by atomic mass is 10.1. The van der Waals surface area contributed by atoms with Crippen LogP contribution in [0.5, 0.6) is 0 Å². The van der Waals surface area contributed by atoms with Crippen molar-refractivity contribution in [1.82, 2.24) is 5.01 Å². The number of hydrazine groups is 1. The first kappa shape index (κ1) is 23.7. The Bertz CT molecular complexity index is 1300. The van der Waals surface area contributed by atoms with Gasteiger partial charge in [0.05, 0.1) is 45.3 Å². The fourth-order valence-electron chi connectivity index (χ4n) is 3.61. The maximum absolute atomic E-state index is 13.0. The molecule has 6 nitrogen and oxygen atoms in total. The van der Waals surface area contributed by atoms with E-state index in [4.69, 9.17) is 34.8 Å². The number of nitrogens with one attached hydrogen (secondary N) is 1. The summed E-state index contributed by atoms with van der Waals surface area (Å²) in [5, 5.41) is 4.26. The summed E-state index contributed by atoms with van der Waals surface area (Å²) in [6.45, 7) is 2.56. The zero-order chi connectivity index (χ0) is 23.8. The van der Waals surface area contributed by atoms with Gasteiger partial charge in [-0.15, -0.1) is 0 Å². The van der Waals surface area contributed by atoms with Crippen molar-refractivity contribution in [2.75, 3.05) is 16.3 Å². The zero-order valence-corrected chi connectivity index (χ0v) is 20.6. The molecule has 0 spiro atoms. The minimum atomic E-state index is -3.98. The van der Waals surface area contributed by atoms with E-state index in [0.29, 0.717) is 17.1 Å². The van der Waals surface area contributed by atoms with E-state index in [1.807, 2.05) is 42.3 Å². The van der Waals surface area contributed by atoms with Crippen LogP contribution in [0.4, 0.5) is 11.4 Å². The summed E-state index contributed by atoms with van der Waals surface area (Å²) in [6.07, 6.45) is 0. The highest BCUT2D eigenvalue weighted by Gasteiger charge is 2.36. The minimum absolute atomic E-state index is 0.0420. The lowest BCUT2D eigenvalue weighted by Crippen LogP contribution is -2.38. The summed E-state index contributed by atoms with van der Waals surface area (Å²) in [7, 11) is -3.98. The van der Waals surface area contributed by atoms with Gasteiger partial charge in [-0.2, -0.15) is 0 Å². The van der Waals surface area contributed by atoms with E-state index in [0.717, 1.165) is 5.69 Å². The van der Waals surface area contributed by atoms with Crippen molar-refractivity contribution in [3.8, 4) is 0 Å². The van der Waals surface area contributed by atoms with Crippen LogP contribution in [0.1, 0.15) is 12.5 Å². The molecule has 1 aliphatic heterocycles. The van der Waals surface area contributed by atoms with Crippen LogP contribution in [0.25, 0.3) is 0 Å². The van der Waals surface area contributed by atoms with Gasteiger partial charge in [0.25, 0.3) is 10.0 Å². The number of carbonyl (C=O) groups excluding carboxylic acids is 1. The highest BCUT2D eigenvalue weighted by molar-refractivity contribution is 7.92. The number of anilines is 2. The van der Waals surface area contributed by atoms with Crippen LogP contribution in [0, 0.1) is 5.92 Å². The van der Waals surface area contributed by atoms with Gasteiger partial charge in [0.1, 0.15) is 0 Å². The third kappa shape index (κ3) is 5.06. The quantitative estimate of drug-likeness (QED) is 0.439. The van der Waals surface area contributed by atoms with E-state index in [1.165, 1.54) is 24.3 Å². The second-order valence-corrected chi connectivity index (χ2v) is 10.6. The number of carbonyl (C=O) groups is 1. The molecule has 1 saturated heterocycles. The van der Waals surface area contributed by atoms with Crippen molar-refractivity contribution in [3.63, 3.8) is 0 Å². The molecule has 0 radical (unpaired) electrons. The van der Waals surface area contributed by atoms with Crippen molar-refractivity contribution in [2.45, 2.75) is 18.4 Å². The number of amides is 1. The molecule has 4 rings (SSSR count). The number of nitrogens with zero attached hydrogens (tertiary/aromatic N) is 2. The van der Waals surface area contributed by atoms with Gasteiger partial charge in [-0.3, -0.25) is 14.5 Å². The van der Waals surface area contributed by atoms with Crippen LogP contribution in [0.2, 0.25) is 15.1 Å². The van der Waals surface area contributed by atoms with E-state index in [2.05, 4.69) is 4.72 Å². The first-order chi connectivity index (χ1) is 15.7. The Kier molecular flexibility index (Phi) is 6.77. The van der Waals surface area contributed by atoms with Crippen molar-refractivity contribution in [3.05, 3.63) is 87.4 Å². The van der Waals surface area contributed by atoms with Crippen molar-refractivity contribution in [1.29, 1.82) is 0 Å². The molecule has 3 aromatic rings. The molecule has 1 heterocycles. The minimum Gasteiger partial charge on any atom is -0.282 e. The van der Waals surface area contributed by atoms with Crippen LogP contribution < -0.4 is 9.73 Å². The third-order valence-corrected chi connectivity index (χ3v) is 7.64. The Morgan fingerprint density at radius 3 is 2.39 bits per heavy atom. The van der Waals surface area contributed by atoms with Crippen molar-refractivity contribution in [2.24, 2.45) is 5.92 Å². The molecular weight excluding hydrogens is 505 g/mol. The second-order valence-electron chi connectivity index (χ2n) is 7.70. The standard InChI is InChI=1S/C23H20Cl3N3O3S/c1-15-13-28(18-5-3-2-4-6-18)29(23(15)30)14-16-7-8-17(24)11-22(16)27-33(31,32)19-9-10-20(25)21(26)12-19/h2-12,15,27H,13-14H2,1H3. The van der Waals surface area contributed by atoms with Gasteiger partial charge < -0.3 is 0 Å². The molecule has 1 atom stereocenters. The predicted molar refractivity (Wildman–Crippen MR) is 132 cm³/mol. The molecule has 3 aromatic carbocycles.